The number of fused-ring (bicyclic) bond motifs is 1. The molecule has 1 aliphatic rings. The van der Waals surface area contributed by atoms with Gasteiger partial charge in [0.2, 0.25) is 5.65 Å². The summed E-state index contributed by atoms with van der Waals surface area (Å²) in [6.07, 6.45) is 8.67. The quantitative estimate of drug-likeness (QED) is 0.739. The van der Waals surface area contributed by atoms with Gasteiger partial charge in [-0.05, 0) is 42.9 Å². The van der Waals surface area contributed by atoms with Gasteiger partial charge in [-0.15, -0.1) is 10.2 Å². The molecule has 1 saturated heterocycles. The van der Waals surface area contributed by atoms with Gasteiger partial charge in [0.05, 0.1) is 11.4 Å². The first-order valence-electron chi connectivity index (χ1n) is 8.17. The molecule has 23 heavy (non-hydrogen) atoms. The van der Waals surface area contributed by atoms with E-state index < -0.39 is 0 Å². The van der Waals surface area contributed by atoms with E-state index in [1.165, 1.54) is 12.0 Å². The van der Waals surface area contributed by atoms with Crippen molar-refractivity contribution in [3.05, 3.63) is 48.2 Å². The fourth-order valence-electron chi connectivity index (χ4n) is 3.34. The van der Waals surface area contributed by atoms with Gasteiger partial charge in [-0.3, -0.25) is 4.98 Å². The van der Waals surface area contributed by atoms with E-state index in [9.17, 15) is 0 Å². The summed E-state index contributed by atoms with van der Waals surface area (Å²) in [5.41, 5.74) is 4.39. The molecule has 0 aliphatic carbocycles. The van der Waals surface area contributed by atoms with Crippen molar-refractivity contribution in [1.29, 1.82) is 0 Å². The van der Waals surface area contributed by atoms with E-state index >= 15 is 0 Å². The Bertz CT molecular complexity index is 797. The molecule has 4 rings (SSSR count). The average molecular weight is 308 g/mol. The van der Waals surface area contributed by atoms with Crippen LogP contribution in [0.5, 0.6) is 0 Å². The van der Waals surface area contributed by atoms with Crippen LogP contribution in [0.25, 0.3) is 5.65 Å². The number of pyridine rings is 1. The van der Waals surface area contributed by atoms with Crippen molar-refractivity contribution in [1.82, 2.24) is 24.8 Å². The van der Waals surface area contributed by atoms with Gasteiger partial charge in [0.1, 0.15) is 6.33 Å². The van der Waals surface area contributed by atoms with Crippen LogP contribution in [0.2, 0.25) is 0 Å². The Morgan fingerprint density at radius 2 is 2.30 bits per heavy atom. The van der Waals surface area contributed by atoms with Gasteiger partial charge in [0, 0.05) is 25.5 Å². The highest BCUT2D eigenvalue weighted by atomic mass is 15.4. The van der Waals surface area contributed by atoms with Crippen molar-refractivity contribution in [3.8, 4) is 0 Å². The van der Waals surface area contributed by atoms with Crippen LogP contribution in [0.3, 0.4) is 0 Å². The van der Waals surface area contributed by atoms with Gasteiger partial charge in [-0.25, -0.2) is 0 Å². The lowest BCUT2D eigenvalue weighted by Crippen LogP contribution is -2.21. The summed E-state index contributed by atoms with van der Waals surface area (Å²) in [7, 11) is 0. The molecule has 0 saturated carbocycles. The van der Waals surface area contributed by atoms with E-state index in [4.69, 9.17) is 0 Å². The van der Waals surface area contributed by atoms with E-state index in [-0.39, 0.29) is 0 Å². The first-order valence-corrected chi connectivity index (χ1v) is 8.17. The van der Waals surface area contributed by atoms with Crippen LogP contribution in [-0.4, -0.2) is 37.9 Å². The molecule has 1 atom stereocenters. The van der Waals surface area contributed by atoms with Crippen molar-refractivity contribution in [2.45, 2.75) is 26.2 Å². The summed E-state index contributed by atoms with van der Waals surface area (Å²) in [5.74, 6) is 0.653. The molecule has 0 amide bonds. The smallest absolute Gasteiger partial charge is 0.200 e. The molecule has 3 aromatic heterocycles. The second-order valence-corrected chi connectivity index (χ2v) is 6.14. The Labute approximate surface area is 135 Å². The molecule has 3 aromatic rings. The monoisotopic (exact) mass is 308 g/mol. The molecule has 1 aliphatic heterocycles. The van der Waals surface area contributed by atoms with Crippen LogP contribution >= 0.6 is 0 Å². The zero-order chi connectivity index (χ0) is 15.6. The van der Waals surface area contributed by atoms with Crippen LogP contribution in [-0.2, 0) is 12.8 Å². The third-order valence-corrected chi connectivity index (χ3v) is 4.54. The molecule has 118 valence electrons. The minimum Gasteiger partial charge on any atom is -0.368 e. The molecular formula is C17H20N6. The number of anilines is 1. The van der Waals surface area contributed by atoms with Gasteiger partial charge in [0.15, 0.2) is 0 Å². The van der Waals surface area contributed by atoms with Crippen LogP contribution < -0.4 is 4.90 Å². The van der Waals surface area contributed by atoms with E-state index in [2.05, 4.69) is 44.2 Å². The predicted octanol–water partition coefficient (Wildman–Crippen LogP) is 2.15. The second-order valence-electron chi connectivity index (χ2n) is 6.14. The molecule has 0 N–H and O–H groups in total. The first-order chi connectivity index (χ1) is 11.3. The zero-order valence-electron chi connectivity index (χ0n) is 13.3. The minimum atomic E-state index is 0.653. The Morgan fingerprint density at radius 1 is 1.35 bits per heavy atom. The topological polar surface area (TPSA) is 59.2 Å². The van der Waals surface area contributed by atoms with E-state index in [1.54, 1.807) is 10.8 Å². The molecule has 0 bridgehead atoms. The van der Waals surface area contributed by atoms with Gasteiger partial charge in [-0.2, -0.15) is 9.61 Å². The molecule has 0 spiro atoms. The van der Waals surface area contributed by atoms with Crippen LogP contribution in [0.15, 0.2) is 36.9 Å². The van der Waals surface area contributed by atoms with Crippen molar-refractivity contribution in [2.24, 2.45) is 5.92 Å². The van der Waals surface area contributed by atoms with Gasteiger partial charge < -0.3 is 4.90 Å². The van der Waals surface area contributed by atoms with E-state index in [0.29, 0.717) is 5.92 Å². The maximum absolute atomic E-state index is 4.53. The van der Waals surface area contributed by atoms with Crippen LogP contribution in [0.1, 0.15) is 24.6 Å². The maximum Gasteiger partial charge on any atom is 0.200 e. The third-order valence-electron chi connectivity index (χ3n) is 4.54. The zero-order valence-corrected chi connectivity index (χ0v) is 13.3. The standard InChI is InChI=1S/C17H20N6/c1-2-15-9-16(17-20-19-12-23(17)21-15)22-7-5-14(11-22)8-13-4-3-6-18-10-13/h3-4,6,9-10,12,14H,2,5,7-8,11H2,1H3. The summed E-state index contributed by atoms with van der Waals surface area (Å²) in [6.45, 7) is 4.22. The molecule has 4 heterocycles. The number of hydrogen-bond acceptors (Lipinski definition) is 5. The molecule has 6 heteroatoms. The fraction of sp³-hybridized carbons (Fsp3) is 0.412. The van der Waals surface area contributed by atoms with Crippen molar-refractivity contribution in [3.63, 3.8) is 0 Å². The average Bonchev–Trinajstić information content (AvgIpc) is 3.24. The Morgan fingerprint density at radius 3 is 3.13 bits per heavy atom. The molecule has 1 unspecified atom stereocenters. The second kappa shape index (κ2) is 5.95. The van der Waals surface area contributed by atoms with E-state index in [1.807, 2.05) is 18.5 Å². The highest BCUT2D eigenvalue weighted by Crippen LogP contribution is 2.28. The summed E-state index contributed by atoms with van der Waals surface area (Å²) >= 11 is 0. The third kappa shape index (κ3) is 2.76. The molecule has 0 aromatic carbocycles. The van der Waals surface area contributed by atoms with Gasteiger partial charge >= 0.3 is 0 Å². The summed E-state index contributed by atoms with van der Waals surface area (Å²) in [5, 5.41) is 12.8. The maximum atomic E-state index is 4.53. The normalized spacial score (nSPS) is 18.0. The van der Waals surface area contributed by atoms with Crippen molar-refractivity contribution < 1.29 is 0 Å². The lowest BCUT2D eigenvalue weighted by molar-refractivity contribution is 0.585. The molecule has 6 nitrogen and oxygen atoms in total. The summed E-state index contributed by atoms with van der Waals surface area (Å²) in [4.78, 5) is 6.64. The number of aromatic nitrogens is 5. The van der Waals surface area contributed by atoms with Crippen molar-refractivity contribution >= 4 is 11.3 Å². The largest absolute Gasteiger partial charge is 0.368 e. The molecular weight excluding hydrogens is 288 g/mol. The fourth-order valence-corrected chi connectivity index (χ4v) is 3.34. The summed E-state index contributed by atoms with van der Waals surface area (Å²) < 4.78 is 1.79. The number of hydrogen-bond donors (Lipinski definition) is 0. The van der Waals surface area contributed by atoms with Gasteiger partial charge in [-0.1, -0.05) is 13.0 Å². The highest BCUT2D eigenvalue weighted by molar-refractivity contribution is 5.68. The Balaban J connectivity index is 1.56. The van der Waals surface area contributed by atoms with Gasteiger partial charge in [0.25, 0.3) is 0 Å². The first kappa shape index (κ1) is 14.1. The lowest BCUT2D eigenvalue weighted by Gasteiger charge is -2.19. The number of nitrogens with zero attached hydrogens (tertiary/aromatic N) is 6. The SMILES string of the molecule is CCc1cc(N2CCC(Cc3cccnc3)C2)c2nncn2n1. The highest BCUT2D eigenvalue weighted by Gasteiger charge is 2.25. The van der Waals surface area contributed by atoms with Crippen LogP contribution in [0.4, 0.5) is 5.69 Å². The van der Waals surface area contributed by atoms with E-state index in [0.717, 1.165) is 43.0 Å². The molecule has 0 radical (unpaired) electrons. The predicted molar refractivity (Wildman–Crippen MR) is 88.4 cm³/mol. The van der Waals surface area contributed by atoms with Crippen molar-refractivity contribution in [2.75, 3.05) is 18.0 Å². The number of rotatable bonds is 4. The Kier molecular flexibility index (Phi) is 3.65. The number of aryl methyl sites for hydroxylation is 1. The lowest BCUT2D eigenvalue weighted by atomic mass is 10.0. The minimum absolute atomic E-state index is 0.653. The Hall–Kier alpha value is -2.50. The van der Waals surface area contributed by atoms with Crippen LogP contribution in [0, 0.1) is 5.92 Å². The summed E-state index contributed by atoms with van der Waals surface area (Å²) in [6, 6.07) is 6.34. The molecule has 1 fully saturated rings.